The number of allylic oxidation sites excluding steroid dienone is 2. The van der Waals surface area contributed by atoms with Gasteiger partial charge in [0.05, 0.1) is 5.41 Å². The van der Waals surface area contributed by atoms with Crippen LogP contribution in [0.15, 0.2) is 23.7 Å². The second-order valence-electron chi connectivity index (χ2n) is 4.50. The van der Waals surface area contributed by atoms with E-state index in [1.165, 1.54) is 13.8 Å². The molecule has 0 saturated carbocycles. The van der Waals surface area contributed by atoms with Crippen LogP contribution in [0.2, 0.25) is 0 Å². The highest BCUT2D eigenvalue weighted by molar-refractivity contribution is 5.69. The molecule has 1 aliphatic rings. The molecule has 4 nitrogen and oxygen atoms in total. The molecular formula is C15H18O4. The molecule has 0 heterocycles. The zero-order chi connectivity index (χ0) is 14.5. The first-order chi connectivity index (χ1) is 8.90. The Bertz CT molecular complexity index is 468. The van der Waals surface area contributed by atoms with Crippen molar-refractivity contribution in [2.45, 2.75) is 40.5 Å². The molecule has 1 rings (SSSR count). The summed E-state index contributed by atoms with van der Waals surface area (Å²) in [5.74, 6) is 5.93. The number of carbonyl (C=O) groups excluding carboxylic acids is 2. The summed E-state index contributed by atoms with van der Waals surface area (Å²) in [6.07, 6.45) is 4.60. The van der Waals surface area contributed by atoms with E-state index < -0.39 is 17.4 Å². The van der Waals surface area contributed by atoms with Gasteiger partial charge < -0.3 is 9.47 Å². The van der Waals surface area contributed by atoms with Gasteiger partial charge >= 0.3 is 11.9 Å². The largest absolute Gasteiger partial charge is 0.430 e. The van der Waals surface area contributed by atoms with Crippen LogP contribution in [0.4, 0.5) is 0 Å². The predicted octanol–water partition coefficient (Wildman–Crippen LogP) is 2.70. The molecule has 102 valence electrons. The van der Waals surface area contributed by atoms with Gasteiger partial charge in [0.2, 0.25) is 0 Å². The summed E-state index contributed by atoms with van der Waals surface area (Å²) in [6.45, 7) is 6.27. The number of esters is 2. The van der Waals surface area contributed by atoms with Crippen LogP contribution in [0.3, 0.4) is 0 Å². The van der Waals surface area contributed by atoms with Crippen LogP contribution in [0, 0.1) is 17.3 Å². The number of ether oxygens (including phenoxy) is 2. The van der Waals surface area contributed by atoms with E-state index in [4.69, 9.17) is 9.47 Å². The second kappa shape index (κ2) is 6.24. The molecular weight excluding hydrogens is 244 g/mol. The molecule has 0 spiro atoms. The van der Waals surface area contributed by atoms with E-state index in [0.717, 1.165) is 0 Å². The Hall–Kier alpha value is -2.02. The van der Waals surface area contributed by atoms with Crippen LogP contribution >= 0.6 is 0 Å². The highest BCUT2D eigenvalue weighted by Gasteiger charge is 2.39. The van der Waals surface area contributed by atoms with Crippen molar-refractivity contribution < 1.29 is 19.1 Å². The van der Waals surface area contributed by atoms with Crippen molar-refractivity contribution in [2.24, 2.45) is 5.41 Å². The van der Waals surface area contributed by atoms with Crippen LogP contribution < -0.4 is 0 Å². The fourth-order valence-electron chi connectivity index (χ4n) is 1.90. The van der Waals surface area contributed by atoms with Gasteiger partial charge in [0.25, 0.3) is 0 Å². The number of hydrogen-bond acceptors (Lipinski definition) is 4. The standard InChI is InChI=1S/C15H18O4/c1-5-6-10-15(4)13(18-11(2)16)8-7-9-14(15)19-12(3)17/h8-9H,7,10H2,1-4H3. The molecule has 0 amide bonds. The molecule has 0 saturated heterocycles. The molecule has 0 aromatic heterocycles. The number of hydrogen-bond donors (Lipinski definition) is 0. The molecule has 0 aromatic rings. The Labute approximate surface area is 113 Å². The molecule has 0 aromatic carbocycles. The smallest absolute Gasteiger partial charge is 0.307 e. The lowest BCUT2D eigenvalue weighted by atomic mass is 9.79. The normalized spacial score (nSPS) is 16.4. The maximum absolute atomic E-state index is 11.2. The first kappa shape index (κ1) is 15.0. The van der Waals surface area contributed by atoms with E-state index in [-0.39, 0.29) is 0 Å². The fourth-order valence-corrected chi connectivity index (χ4v) is 1.90. The lowest BCUT2D eigenvalue weighted by Crippen LogP contribution is -2.29. The van der Waals surface area contributed by atoms with E-state index >= 15 is 0 Å². The molecule has 0 fully saturated rings. The van der Waals surface area contributed by atoms with E-state index in [2.05, 4.69) is 11.8 Å². The van der Waals surface area contributed by atoms with Crippen molar-refractivity contribution in [1.29, 1.82) is 0 Å². The summed E-state index contributed by atoms with van der Waals surface area (Å²) in [6, 6.07) is 0. The summed E-state index contributed by atoms with van der Waals surface area (Å²) in [4.78, 5) is 22.4. The molecule has 1 aliphatic carbocycles. The van der Waals surface area contributed by atoms with Crippen LogP contribution in [-0.2, 0) is 19.1 Å². The average Bonchev–Trinajstić information content (AvgIpc) is 2.31. The SMILES string of the molecule is CC#CCC1(C)C(OC(C)=O)=CCC=C1OC(C)=O. The van der Waals surface area contributed by atoms with Crippen molar-refractivity contribution in [1.82, 2.24) is 0 Å². The Morgan fingerprint density at radius 3 is 2.05 bits per heavy atom. The Balaban J connectivity index is 3.10. The van der Waals surface area contributed by atoms with Crippen LogP contribution in [0.5, 0.6) is 0 Å². The molecule has 0 unspecified atom stereocenters. The molecule has 0 aliphatic heterocycles. The Morgan fingerprint density at radius 1 is 1.21 bits per heavy atom. The van der Waals surface area contributed by atoms with E-state index in [1.54, 1.807) is 6.92 Å². The zero-order valence-corrected chi connectivity index (χ0v) is 11.7. The molecule has 19 heavy (non-hydrogen) atoms. The number of rotatable bonds is 3. The lowest BCUT2D eigenvalue weighted by Gasteiger charge is -2.33. The lowest BCUT2D eigenvalue weighted by molar-refractivity contribution is -0.140. The zero-order valence-electron chi connectivity index (χ0n) is 11.7. The Morgan fingerprint density at radius 2 is 1.68 bits per heavy atom. The van der Waals surface area contributed by atoms with Crippen molar-refractivity contribution in [3.63, 3.8) is 0 Å². The third-order valence-electron chi connectivity index (χ3n) is 2.82. The second-order valence-corrected chi connectivity index (χ2v) is 4.50. The summed E-state index contributed by atoms with van der Waals surface area (Å²) < 4.78 is 10.5. The summed E-state index contributed by atoms with van der Waals surface area (Å²) in [5, 5.41) is 0. The van der Waals surface area contributed by atoms with Gasteiger partial charge in [-0.15, -0.1) is 11.8 Å². The monoisotopic (exact) mass is 262 g/mol. The predicted molar refractivity (Wildman–Crippen MR) is 70.5 cm³/mol. The highest BCUT2D eigenvalue weighted by Crippen LogP contribution is 2.42. The maximum Gasteiger partial charge on any atom is 0.307 e. The minimum Gasteiger partial charge on any atom is -0.430 e. The van der Waals surface area contributed by atoms with E-state index in [1.807, 2.05) is 19.1 Å². The first-order valence-corrected chi connectivity index (χ1v) is 6.08. The molecule has 0 bridgehead atoms. The van der Waals surface area contributed by atoms with Crippen molar-refractivity contribution in [3.05, 3.63) is 23.7 Å². The van der Waals surface area contributed by atoms with Gasteiger partial charge in [-0.2, -0.15) is 0 Å². The van der Waals surface area contributed by atoms with Gasteiger partial charge in [-0.05, 0) is 32.4 Å². The van der Waals surface area contributed by atoms with Gasteiger partial charge in [-0.3, -0.25) is 9.59 Å². The third-order valence-corrected chi connectivity index (χ3v) is 2.82. The van der Waals surface area contributed by atoms with Gasteiger partial charge in [-0.25, -0.2) is 0 Å². The van der Waals surface area contributed by atoms with Crippen LogP contribution in [0.1, 0.15) is 40.5 Å². The fraction of sp³-hybridized carbons (Fsp3) is 0.467. The quantitative estimate of drug-likeness (QED) is 0.579. The van der Waals surface area contributed by atoms with Crippen molar-refractivity contribution >= 4 is 11.9 Å². The third kappa shape index (κ3) is 3.72. The van der Waals surface area contributed by atoms with Gasteiger partial charge in [0, 0.05) is 20.3 Å². The van der Waals surface area contributed by atoms with Crippen molar-refractivity contribution in [2.75, 3.05) is 0 Å². The highest BCUT2D eigenvalue weighted by atomic mass is 16.6. The summed E-state index contributed by atoms with van der Waals surface area (Å²) in [7, 11) is 0. The van der Waals surface area contributed by atoms with E-state index in [9.17, 15) is 9.59 Å². The minimum atomic E-state index is -0.710. The van der Waals surface area contributed by atoms with Crippen LogP contribution in [-0.4, -0.2) is 11.9 Å². The molecule has 0 N–H and O–H groups in total. The Kier molecular flexibility index (Phi) is 4.94. The van der Waals surface area contributed by atoms with Crippen LogP contribution in [0.25, 0.3) is 0 Å². The minimum absolute atomic E-state index is 0.397. The summed E-state index contributed by atoms with van der Waals surface area (Å²) >= 11 is 0. The first-order valence-electron chi connectivity index (χ1n) is 6.08. The molecule has 4 heteroatoms. The van der Waals surface area contributed by atoms with Gasteiger partial charge in [-0.1, -0.05) is 0 Å². The maximum atomic E-state index is 11.2. The van der Waals surface area contributed by atoms with Gasteiger partial charge in [0.15, 0.2) is 0 Å². The molecule has 0 radical (unpaired) electrons. The number of carbonyl (C=O) groups is 2. The average molecular weight is 262 g/mol. The van der Waals surface area contributed by atoms with Gasteiger partial charge in [0.1, 0.15) is 11.5 Å². The van der Waals surface area contributed by atoms with E-state index in [0.29, 0.717) is 24.4 Å². The topological polar surface area (TPSA) is 52.6 Å². The molecule has 0 atom stereocenters. The summed E-state index contributed by atoms with van der Waals surface area (Å²) in [5.41, 5.74) is -0.710. The van der Waals surface area contributed by atoms with Crippen molar-refractivity contribution in [3.8, 4) is 11.8 Å².